The SMILES string of the molecule is S=c1oc(-c2ccc3c(c2)OCCO3)nn1CN1CCN(c2ccccc2Cl)CC1. The van der Waals surface area contributed by atoms with E-state index in [4.69, 9.17) is 37.7 Å². The van der Waals surface area contributed by atoms with Gasteiger partial charge in [0.2, 0.25) is 5.89 Å². The maximum absolute atomic E-state index is 6.34. The van der Waals surface area contributed by atoms with Crippen molar-refractivity contribution in [2.75, 3.05) is 44.3 Å². The van der Waals surface area contributed by atoms with Crippen LogP contribution in [0.15, 0.2) is 46.9 Å². The molecular formula is C21H21ClN4O3S. The molecule has 0 N–H and O–H groups in total. The Morgan fingerprint density at radius 2 is 1.73 bits per heavy atom. The standard InChI is InChI=1S/C21H21ClN4O3S/c22-16-3-1-2-4-17(16)25-9-7-24(8-10-25)14-26-21(30)29-20(23-26)15-5-6-18-19(13-15)28-12-11-27-18/h1-6,13H,7-12,14H2. The lowest BCUT2D eigenvalue weighted by Gasteiger charge is -2.36. The highest BCUT2D eigenvalue weighted by atomic mass is 35.5. The quantitative estimate of drug-likeness (QED) is 0.562. The second-order valence-corrected chi connectivity index (χ2v) is 7.99. The normalized spacial score (nSPS) is 16.6. The van der Waals surface area contributed by atoms with Crippen LogP contribution >= 0.6 is 23.8 Å². The molecule has 7 nitrogen and oxygen atoms in total. The van der Waals surface area contributed by atoms with Crippen molar-refractivity contribution in [3.8, 4) is 23.0 Å². The van der Waals surface area contributed by atoms with E-state index in [1.165, 1.54) is 0 Å². The summed E-state index contributed by atoms with van der Waals surface area (Å²) in [5, 5.41) is 5.37. The number of halogens is 1. The van der Waals surface area contributed by atoms with E-state index in [2.05, 4.69) is 21.0 Å². The van der Waals surface area contributed by atoms with Crippen molar-refractivity contribution in [2.24, 2.45) is 0 Å². The number of nitrogens with zero attached hydrogens (tertiary/aromatic N) is 4. The van der Waals surface area contributed by atoms with E-state index < -0.39 is 0 Å². The zero-order chi connectivity index (χ0) is 20.5. The number of rotatable bonds is 4. The van der Waals surface area contributed by atoms with Crippen LogP contribution in [0, 0.1) is 4.84 Å². The van der Waals surface area contributed by atoms with Gasteiger partial charge in [0.1, 0.15) is 13.2 Å². The molecule has 1 fully saturated rings. The topological polar surface area (TPSA) is 55.9 Å². The van der Waals surface area contributed by atoms with E-state index >= 15 is 0 Å². The first-order valence-corrected chi connectivity index (χ1v) is 10.7. The lowest BCUT2D eigenvalue weighted by atomic mass is 10.2. The minimum absolute atomic E-state index is 0.355. The molecule has 1 saturated heterocycles. The van der Waals surface area contributed by atoms with Gasteiger partial charge in [-0.05, 0) is 42.5 Å². The summed E-state index contributed by atoms with van der Waals surface area (Å²) in [6, 6.07) is 13.6. The van der Waals surface area contributed by atoms with E-state index in [9.17, 15) is 0 Å². The van der Waals surface area contributed by atoms with Crippen molar-refractivity contribution in [2.45, 2.75) is 6.67 Å². The summed E-state index contributed by atoms with van der Waals surface area (Å²) in [6.45, 7) is 5.25. The lowest BCUT2D eigenvalue weighted by molar-refractivity contribution is 0.171. The molecule has 0 saturated carbocycles. The highest BCUT2D eigenvalue weighted by molar-refractivity contribution is 7.71. The first-order valence-electron chi connectivity index (χ1n) is 9.87. The summed E-state index contributed by atoms with van der Waals surface area (Å²) < 4.78 is 18.7. The Morgan fingerprint density at radius 3 is 2.53 bits per heavy atom. The van der Waals surface area contributed by atoms with Crippen LogP contribution in [0.25, 0.3) is 11.5 Å². The second-order valence-electron chi connectivity index (χ2n) is 7.23. The average molecular weight is 445 g/mol. The number of anilines is 1. The smallest absolute Gasteiger partial charge is 0.288 e. The van der Waals surface area contributed by atoms with E-state index in [1.807, 2.05) is 36.4 Å². The Morgan fingerprint density at radius 1 is 0.967 bits per heavy atom. The number of para-hydroxylation sites is 1. The molecule has 2 aliphatic rings. The monoisotopic (exact) mass is 444 g/mol. The molecule has 0 atom stereocenters. The molecule has 9 heteroatoms. The Balaban J connectivity index is 1.26. The average Bonchev–Trinajstić information content (AvgIpc) is 3.14. The zero-order valence-electron chi connectivity index (χ0n) is 16.3. The number of piperazine rings is 1. The molecule has 0 bridgehead atoms. The van der Waals surface area contributed by atoms with Gasteiger partial charge in [0.15, 0.2) is 11.5 Å². The molecule has 0 spiro atoms. The third kappa shape index (κ3) is 3.90. The fraction of sp³-hybridized carbons (Fsp3) is 0.333. The van der Waals surface area contributed by atoms with E-state index in [0.29, 0.717) is 36.4 Å². The van der Waals surface area contributed by atoms with Gasteiger partial charge >= 0.3 is 0 Å². The lowest BCUT2D eigenvalue weighted by Crippen LogP contribution is -2.47. The number of fused-ring (bicyclic) bond motifs is 1. The third-order valence-electron chi connectivity index (χ3n) is 5.29. The molecule has 0 unspecified atom stereocenters. The van der Waals surface area contributed by atoms with Gasteiger partial charge in [0.25, 0.3) is 4.84 Å². The largest absolute Gasteiger partial charge is 0.486 e. The van der Waals surface area contributed by atoms with Gasteiger partial charge < -0.3 is 18.8 Å². The maximum atomic E-state index is 6.34. The molecule has 5 rings (SSSR count). The van der Waals surface area contributed by atoms with Crippen molar-refractivity contribution in [3.05, 3.63) is 52.3 Å². The van der Waals surface area contributed by atoms with Crippen LogP contribution in [-0.2, 0) is 6.67 Å². The molecule has 30 heavy (non-hydrogen) atoms. The van der Waals surface area contributed by atoms with Crippen molar-refractivity contribution >= 4 is 29.5 Å². The molecule has 0 radical (unpaired) electrons. The predicted molar refractivity (Wildman–Crippen MR) is 117 cm³/mol. The van der Waals surface area contributed by atoms with E-state index in [-0.39, 0.29) is 0 Å². The predicted octanol–water partition coefficient (Wildman–Crippen LogP) is 4.08. The molecular weight excluding hydrogens is 424 g/mol. The highest BCUT2D eigenvalue weighted by Crippen LogP contribution is 2.34. The van der Waals surface area contributed by atoms with Crippen molar-refractivity contribution in [1.82, 2.24) is 14.7 Å². The van der Waals surface area contributed by atoms with Gasteiger partial charge in [-0.15, -0.1) is 5.10 Å². The molecule has 0 amide bonds. The zero-order valence-corrected chi connectivity index (χ0v) is 17.9. The van der Waals surface area contributed by atoms with Gasteiger partial charge in [-0.2, -0.15) is 0 Å². The number of hydrogen-bond donors (Lipinski definition) is 0. The molecule has 3 heterocycles. The number of ether oxygens (including phenoxy) is 2. The van der Waals surface area contributed by atoms with Crippen molar-refractivity contribution < 1.29 is 13.9 Å². The number of hydrogen-bond acceptors (Lipinski definition) is 7. The Hall–Kier alpha value is -2.55. The van der Waals surface area contributed by atoms with Gasteiger partial charge in [-0.1, -0.05) is 23.7 Å². The summed E-state index contributed by atoms with van der Waals surface area (Å²) in [5.41, 5.74) is 1.89. The second kappa shape index (κ2) is 8.29. The van der Waals surface area contributed by atoms with Gasteiger partial charge in [0, 0.05) is 31.7 Å². The molecule has 2 aliphatic heterocycles. The van der Waals surface area contributed by atoms with E-state index in [0.717, 1.165) is 48.2 Å². The first kappa shape index (κ1) is 19.4. The highest BCUT2D eigenvalue weighted by Gasteiger charge is 2.21. The van der Waals surface area contributed by atoms with Crippen LogP contribution in [0.5, 0.6) is 11.5 Å². The van der Waals surface area contributed by atoms with Crippen LogP contribution in [0.3, 0.4) is 0 Å². The maximum Gasteiger partial charge on any atom is 0.288 e. The molecule has 1 aromatic heterocycles. The van der Waals surface area contributed by atoms with Crippen LogP contribution in [0.2, 0.25) is 5.02 Å². The molecule has 3 aromatic rings. The fourth-order valence-electron chi connectivity index (χ4n) is 3.72. The summed E-state index contributed by atoms with van der Waals surface area (Å²) in [7, 11) is 0. The number of aromatic nitrogens is 2. The van der Waals surface area contributed by atoms with Crippen molar-refractivity contribution in [1.29, 1.82) is 0 Å². The fourth-order valence-corrected chi connectivity index (χ4v) is 4.15. The van der Waals surface area contributed by atoms with Crippen molar-refractivity contribution in [3.63, 3.8) is 0 Å². The first-order chi connectivity index (χ1) is 14.7. The van der Waals surface area contributed by atoms with Crippen LogP contribution in [-0.4, -0.2) is 54.1 Å². The minimum atomic E-state index is 0.355. The summed E-state index contributed by atoms with van der Waals surface area (Å²) in [5.74, 6) is 1.91. The van der Waals surface area contributed by atoms with Crippen LogP contribution in [0.1, 0.15) is 0 Å². The molecule has 156 valence electrons. The Labute approximate surface area is 184 Å². The van der Waals surface area contributed by atoms with E-state index in [1.54, 1.807) is 4.68 Å². The molecule has 0 aliphatic carbocycles. The van der Waals surface area contributed by atoms with Crippen LogP contribution in [0.4, 0.5) is 5.69 Å². The summed E-state index contributed by atoms with van der Waals surface area (Å²) >= 11 is 11.7. The summed E-state index contributed by atoms with van der Waals surface area (Å²) in [4.78, 5) is 4.97. The third-order valence-corrected chi connectivity index (χ3v) is 5.91. The minimum Gasteiger partial charge on any atom is -0.486 e. The number of benzene rings is 2. The van der Waals surface area contributed by atoms with Gasteiger partial charge in [-0.25, -0.2) is 4.68 Å². The summed E-state index contributed by atoms with van der Waals surface area (Å²) in [6.07, 6.45) is 0. The van der Waals surface area contributed by atoms with Gasteiger partial charge in [0.05, 0.1) is 17.4 Å². The van der Waals surface area contributed by atoms with Crippen LogP contribution < -0.4 is 14.4 Å². The Kier molecular flexibility index (Phi) is 5.37. The Bertz CT molecular complexity index is 1110. The van der Waals surface area contributed by atoms with Gasteiger partial charge in [-0.3, -0.25) is 4.90 Å². The molecule has 2 aromatic carbocycles.